The van der Waals surface area contributed by atoms with Gasteiger partial charge in [0.25, 0.3) is 0 Å². The third kappa shape index (κ3) is 2.70. The number of rotatable bonds is 4. The molecule has 0 amide bonds. The topological polar surface area (TPSA) is 68.0 Å². The minimum absolute atomic E-state index is 0.136. The van der Waals surface area contributed by atoms with Gasteiger partial charge in [0, 0.05) is 18.0 Å². The van der Waals surface area contributed by atoms with Crippen molar-refractivity contribution in [1.29, 1.82) is 0 Å². The van der Waals surface area contributed by atoms with Gasteiger partial charge in [-0.15, -0.1) is 0 Å². The molecule has 0 atom stereocenters. The zero-order valence-electron chi connectivity index (χ0n) is 10.9. The molecule has 1 aromatic heterocycles. The van der Waals surface area contributed by atoms with Crippen molar-refractivity contribution in [2.24, 2.45) is 5.41 Å². The number of ketones is 1. The number of aromatic nitrogens is 1. The van der Waals surface area contributed by atoms with E-state index in [1.165, 1.54) is 0 Å². The van der Waals surface area contributed by atoms with Crippen LogP contribution in [-0.2, 0) is 11.2 Å². The number of nitrogens with two attached hydrogens (primary N) is 1. The first-order valence-corrected chi connectivity index (χ1v) is 6.61. The number of piperidine rings is 1. The lowest BCUT2D eigenvalue weighted by molar-refractivity contribution is -0.129. The van der Waals surface area contributed by atoms with Gasteiger partial charge in [-0.05, 0) is 50.0 Å². The van der Waals surface area contributed by atoms with Crippen LogP contribution >= 0.6 is 0 Å². The number of hydrogen-bond donors (Lipinski definition) is 2. The van der Waals surface area contributed by atoms with Crippen LogP contribution in [0.1, 0.15) is 31.7 Å². The van der Waals surface area contributed by atoms with Crippen LogP contribution in [0.15, 0.2) is 18.3 Å². The maximum Gasteiger partial charge on any atom is 0.143 e. The van der Waals surface area contributed by atoms with Crippen molar-refractivity contribution >= 4 is 11.6 Å². The highest BCUT2D eigenvalue weighted by Crippen LogP contribution is 2.34. The Labute approximate surface area is 108 Å². The van der Waals surface area contributed by atoms with Crippen molar-refractivity contribution in [3.8, 4) is 0 Å². The number of nitrogens with one attached hydrogen (secondary N) is 1. The highest BCUT2D eigenvalue weighted by atomic mass is 16.1. The first-order valence-electron chi connectivity index (χ1n) is 6.61. The van der Waals surface area contributed by atoms with Crippen molar-refractivity contribution in [2.75, 3.05) is 18.8 Å². The molecule has 3 N–H and O–H groups in total. The van der Waals surface area contributed by atoms with Crippen LogP contribution in [0.4, 0.5) is 5.82 Å². The fourth-order valence-corrected chi connectivity index (χ4v) is 2.71. The molecular formula is C14H21N3O. The first kappa shape index (κ1) is 13.0. The molecule has 1 aromatic rings. The van der Waals surface area contributed by atoms with Gasteiger partial charge in [-0.3, -0.25) is 4.79 Å². The Bertz CT molecular complexity index is 425. The van der Waals surface area contributed by atoms with E-state index in [4.69, 9.17) is 5.73 Å². The SMILES string of the molecule is CCC1(C(=O)Cc2ccnc(N)c2)CCNCC1. The van der Waals surface area contributed by atoms with E-state index in [1.807, 2.05) is 6.07 Å². The molecule has 18 heavy (non-hydrogen) atoms. The second-order valence-electron chi connectivity index (χ2n) is 5.07. The number of hydrogen-bond acceptors (Lipinski definition) is 4. The monoisotopic (exact) mass is 247 g/mol. The summed E-state index contributed by atoms with van der Waals surface area (Å²) in [7, 11) is 0. The summed E-state index contributed by atoms with van der Waals surface area (Å²) in [6.45, 7) is 4.00. The summed E-state index contributed by atoms with van der Waals surface area (Å²) in [5.41, 5.74) is 6.48. The quantitative estimate of drug-likeness (QED) is 0.847. The molecule has 0 bridgehead atoms. The molecule has 0 aliphatic carbocycles. The molecule has 0 aromatic carbocycles. The first-order chi connectivity index (χ1) is 8.66. The van der Waals surface area contributed by atoms with E-state index in [0.29, 0.717) is 18.0 Å². The van der Waals surface area contributed by atoms with Crippen molar-refractivity contribution in [3.63, 3.8) is 0 Å². The largest absolute Gasteiger partial charge is 0.384 e. The van der Waals surface area contributed by atoms with Crippen molar-refractivity contribution in [2.45, 2.75) is 32.6 Å². The van der Waals surface area contributed by atoms with Gasteiger partial charge in [0.15, 0.2) is 0 Å². The van der Waals surface area contributed by atoms with Crippen LogP contribution in [0.5, 0.6) is 0 Å². The summed E-state index contributed by atoms with van der Waals surface area (Å²) in [5, 5.41) is 3.32. The molecule has 98 valence electrons. The Hall–Kier alpha value is -1.42. The van der Waals surface area contributed by atoms with Gasteiger partial charge in [0.1, 0.15) is 11.6 Å². The van der Waals surface area contributed by atoms with E-state index in [2.05, 4.69) is 17.2 Å². The van der Waals surface area contributed by atoms with Crippen LogP contribution in [0.25, 0.3) is 0 Å². The summed E-state index contributed by atoms with van der Waals surface area (Å²) in [6.07, 6.45) is 4.96. The predicted octanol–water partition coefficient (Wildman–Crippen LogP) is 1.56. The summed E-state index contributed by atoms with van der Waals surface area (Å²) in [4.78, 5) is 16.5. The number of nitrogens with zero attached hydrogens (tertiary/aromatic N) is 1. The lowest BCUT2D eigenvalue weighted by Crippen LogP contribution is -2.42. The molecule has 0 radical (unpaired) electrons. The number of nitrogen functional groups attached to an aromatic ring is 1. The molecule has 2 rings (SSSR count). The molecule has 1 aliphatic rings. The fourth-order valence-electron chi connectivity index (χ4n) is 2.71. The molecular weight excluding hydrogens is 226 g/mol. The highest BCUT2D eigenvalue weighted by Gasteiger charge is 2.36. The predicted molar refractivity (Wildman–Crippen MR) is 72.2 cm³/mol. The smallest absolute Gasteiger partial charge is 0.143 e. The number of anilines is 1. The Morgan fingerprint density at radius 3 is 2.83 bits per heavy atom. The van der Waals surface area contributed by atoms with Gasteiger partial charge in [0.2, 0.25) is 0 Å². The second kappa shape index (κ2) is 5.48. The van der Waals surface area contributed by atoms with Gasteiger partial charge in [0.05, 0.1) is 0 Å². The van der Waals surface area contributed by atoms with E-state index >= 15 is 0 Å². The molecule has 1 saturated heterocycles. The average molecular weight is 247 g/mol. The lowest BCUT2D eigenvalue weighted by Gasteiger charge is -2.35. The number of Topliss-reactive ketones (excluding diaryl/α,β-unsaturated/α-hetero) is 1. The van der Waals surface area contributed by atoms with Gasteiger partial charge < -0.3 is 11.1 Å². The number of carbonyl (C=O) groups is 1. The molecule has 4 heteroatoms. The van der Waals surface area contributed by atoms with Gasteiger partial charge >= 0.3 is 0 Å². The normalized spacial score (nSPS) is 18.5. The highest BCUT2D eigenvalue weighted by molar-refractivity contribution is 5.87. The third-order valence-electron chi connectivity index (χ3n) is 4.04. The van der Waals surface area contributed by atoms with Crippen LogP contribution < -0.4 is 11.1 Å². The summed E-state index contributed by atoms with van der Waals surface area (Å²) >= 11 is 0. The number of carbonyl (C=O) groups excluding carboxylic acids is 1. The van der Waals surface area contributed by atoms with E-state index in [1.54, 1.807) is 12.3 Å². The van der Waals surface area contributed by atoms with E-state index in [-0.39, 0.29) is 5.41 Å². The van der Waals surface area contributed by atoms with Crippen LogP contribution in [0.3, 0.4) is 0 Å². The minimum Gasteiger partial charge on any atom is -0.384 e. The minimum atomic E-state index is -0.136. The molecule has 0 saturated carbocycles. The maximum atomic E-state index is 12.5. The van der Waals surface area contributed by atoms with Crippen molar-refractivity contribution in [1.82, 2.24) is 10.3 Å². The molecule has 0 unspecified atom stereocenters. The van der Waals surface area contributed by atoms with Crippen LogP contribution in [-0.4, -0.2) is 23.9 Å². The maximum absolute atomic E-state index is 12.5. The van der Waals surface area contributed by atoms with Gasteiger partial charge in [-0.2, -0.15) is 0 Å². The van der Waals surface area contributed by atoms with Crippen molar-refractivity contribution in [3.05, 3.63) is 23.9 Å². The van der Waals surface area contributed by atoms with E-state index < -0.39 is 0 Å². The summed E-state index contributed by atoms with van der Waals surface area (Å²) in [6, 6.07) is 3.67. The molecule has 1 aliphatic heterocycles. The molecule has 0 spiro atoms. The standard InChI is InChI=1S/C14H21N3O/c1-2-14(4-7-16-8-5-14)12(18)9-11-3-6-17-13(15)10-11/h3,6,10,16H,2,4-5,7-9H2,1H3,(H2,15,17). The van der Waals surface area contributed by atoms with Crippen LogP contribution in [0, 0.1) is 5.41 Å². The third-order valence-corrected chi connectivity index (χ3v) is 4.04. The Kier molecular flexibility index (Phi) is 3.97. The van der Waals surface area contributed by atoms with E-state index in [9.17, 15) is 4.79 Å². The van der Waals surface area contributed by atoms with Crippen LogP contribution in [0.2, 0.25) is 0 Å². The zero-order valence-corrected chi connectivity index (χ0v) is 10.9. The molecule has 2 heterocycles. The Morgan fingerprint density at radius 1 is 1.50 bits per heavy atom. The van der Waals surface area contributed by atoms with E-state index in [0.717, 1.165) is 37.9 Å². The Morgan fingerprint density at radius 2 is 2.22 bits per heavy atom. The summed E-state index contributed by atoms with van der Waals surface area (Å²) < 4.78 is 0. The average Bonchev–Trinajstić information content (AvgIpc) is 2.39. The lowest BCUT2D eigenvalue weighted by atomic mass is 9.72. The fraction of sp³-hybridized carbons (Fsp3) is 0.571. The Balaban J connectivity index is 2.10. The molecule has 1 fully saturated rings. The number of pyridine rings is 1. The second-order valence-corrected chi connectivity index (χ2v) is 5.07. The van der Waals surface area contributed by atoms with Gasteiger partial charge in [-0.1, -0.05) is 6.92 Å². The molecule has 4 nitrogen and oxygen atoms in total. The van der Waals surface area contributed by atoms with Gasteiger partial charge in [-0.25, -0.2) is 4.98 Å². The summed E-state index contributed by atoms with van der Waals surface area (Å²) in [5.74, 6) is 0.827. The van der Waals surface area contributed by atoms with Crippen molar-refractivity contribution < 1.29 is 4.79 Å². The zero-order chi connectivity index (χ0) is 13.0.